The van der Waals surface area contributed by atoms with Gasteiger partial charge in [0.1, 0.15) is 0 Å². The van der Waals surface area contributed by atoms with Crippen LogP contribution in [0.2, 0.25) is 0 Å². The molecule has 1 aliphatic heterocycles. The molecule has 1 aromatic carbocycles. The third-order valence-electron chi connectivity index (χ3n) is 2.80. The van der Waals surface area contributed by atoms with Gasteiger partial charge in [-0.05, 0) is 25.5 Å². The highest BCUT2D eigenvalue weighted by atomic mass is 32.2. The van der Waals surface area contributed by atoms with E-state index in [4.69, 9.17) is 4.74 Å². The normalized spacial score (nSPS) is 20.8. The molecule has 1 heterocycles. The molecule has 0 saturated heterocycles. The second kappa shape index (κ2) is 5.71. The molecule has 1 N–H and O–H groups in total. The molecular weight excluding hydrogens is 218 g/mol. The first-order valence-corrected chi connectivity index (χ1v) is 6.86. The average Bonchev–Trinajstić information content (AvgIpc) is 2.70. The molecule has 0 bridgehead atoms. The van der Waals surface area contributed by atoms with E-state index in [1.54, 1.807) is 0 Å². The van der Waals surface area contributed by atoms with Crippen LogP contribution in [0.5, 0.6) is 0 Å². The highest BCUT2D eigenvalue weighted by Gasteiger charge is 2.22. The molecule has 0 spiro atoms. The fourth-order valence-corrected chi connectivity index (χ4v) is 3.18. The number of ether oxygens (including phenoxy) is 1. The third-order valence-corrected chi connectivity index (χ3v) is 3.99. The molecule has 0 radical (unpaired) electrons. The van der Waals surface area contributed by atoms with Gasteiger partial charge in [0.2, 0.25) is 0 Å². The van der Waals surface area contributed by atoms with E-state index in [0.29, 0.717) is 12.1 Å². The number of nitrogens with one attached hydrogen (secondary N) is 1. The minimum Gasteiger partial charge on any atom is -0.377 e. The van der Waals surface area contributed by atoms with E-state index in [-0.39, 0.29) is 0 Å². The van der Waals surface area contributed by atoms with E-state index in [1.165, 1.54) is 10.5 Å². The maximum atomic E-state index is 5.52. The molecule has 0 aromatic heterocycles. The van der Waals surface area contributed by atoms with Crippen molar-refractivity contribution in [1.82, 2.24) is 5.32 Å². The quantitative estimate of drug-likeness (QED) is 0.851. The van der Waals surface area contributed by atoms with Crippen molar-refractivity contribution in [1.29, 1.82) is 0 Å². The lowest BCUT2D eigenvalue weighted by Gasteiger charge is -2.17. The Balaban J connectivity index is 1.88. The SMILES string of the molecule is CCOC(C)CNC1CSc2ccccc21. The maximum absolute atomic E-state index is 5.52. The zero-order chi connectivity index (χ0) is 11.4. The van der Waals surface area contributed by atoms with Crippen LogP contribution in [0.15, 0.2) is 29.2 Å². The van der Waals surface area contributed by atoms with Gasteiger partial charge >= 0.3 is 0 Å². The molecule has 2 nitrogen and oxygen atoms in total. The summed E-state index contributed by atoms with van der Waals surface area (Å²) >= 11 is 1.94. The Morgan fingerprint density at radius 1 is 1.50 bits per heavy atom. The van der Waals surface area contributed by atoms with Crippen LogP contribution in [0.25, 0.3) is 0 Å². The predicted octanol–water partition coefficient (Wildman–Crippen LogP) is 2.85. The number of rotatable bonds is 5. The summed E-state index contributed by atoms with van der Waals surface area (Å²) in [7, 11) is 0. The van der Waals surface area contributed by atoms with Crippen molar-refractivity contribution >= 4 is 11.8 Å². The molecule has 1 aromatic rings. The molecule has 0 saturated carbocycles. The second-order valence-electron chi connectivity index (χ2n) is 4.08. The van der Waals surface area contributed by atoms with Gasteiger partial charge in [0.15, 0.2) is 0 Å². The molecule has 88 valence electrons. The van der Waals surface area contributed by atoms with Crippen molar-refractivity contribution < 1.29 is 4.74 Å². The minimum atomic E-state index is 0.294. The molecule has 2 unspecified atom stereocenters. The van der Waals surface area contributed by atoms with Gasteiger partial charge in [-0.1, -0.05) is 18.2 Å². The summed E-state index contributed by atoms with van der Waals surface area (Å²) in [6, 6.07) is 9.14. The van der Waals surface area contributed by atoms with Crippen LogP contribution in [0.4, 0.5) is 0 Å². The Hall–Kier alpha value is -0.510. The van der Waals surface area contributed by atoms with Gasteiger partial charge in [-0.2, -0.15) is 0 Å². The second-order valence-corrected chi connectivity index (χ2v) is 5.14. The summed E-state index contributed by atoms with van der Waals surface area (Å²) in [5.74, 6) is 1.14. The first-order chi connectivity index (χ1) is 7.81. The van der Waals surface area contributed by atoms with Gasteiger partial charge in [0, 0.05) is 29.8 Å². The van der Waals surface area contributed by atoms with Gasteiger partial charge in [0.05, 0.1) is 6.10 Å². The standard InChI is InChI=1S/C13H19NOS/c1-3-15-10(2)8-14-12-9-16-13-7-5-4-6-11(12)13/h4-7,10,12,14H,3,8-9H2,1-2H3. The van der Waals surface area contributed by atoms with Crippen molar-refractivity contribution in [3.8, 4) is 0 Å². The van der Waals surface area contributed by atoms with Gasteiger partial charge in [-0.3, -0.25) is 0 Å². The molecular formula is C13H19NOS. The predicted molar refractivity (Wildman–Crippen MR) is 69.0 cm³/mol. The first-order valence-electron chi connectivity index (χ1n) is 5.88. The number of thioether (sulfide) groups is 1. The zero-order valence-electron chi connectivity index (χ0n) is 9.90. The molecule has 3 heteroatoms. The van der Waals surface area contributed by atoms with E-state index in [9.17, 15) is 0 Å². The Labute approximate surface area is 102 Å². The number of fused-ring (bicyclic) bond motifs is 1. The molecule has 16 heavy (non-hydrogen) atoms. The molecule has 2 rings (SSSR count). The largest absolute Gasteiger partial charge is 0.377 e. The van der Waals surface area contributed by atoms with Gasteiger partial charge in [-0.15, -0.1) is 11.8 Å². The van der Waals surface area contributed by atoms with Crippen LogP contribution >= 0.6 is 11.8 Å². The summed E-state index contributed by atoms with van der Waals surface area (Å²) in [4.78, 5) is 1.42. The lowest BCUT2D eigenvalue weighted by atomic mass is 10.1. The molecule has 2 atom stereocenters. The first kappa shape index (κ1) is 12.0. The van der Waals surface area contributed by atoms with Crippen molar-refractivity contribution in [2.45, 2.75) is 30.9 Å². The van der Waals surface area contributed by atoms with Crippen LogP contribution in [-0.4, -0.2) is 25.0 Å². The van der Waals surface area contributed by atoms with Crippen LogP contribution in [0, 0.1) is 0 Å². The van der Waals surface area contributed by atoms with Crippen molar-refractivity contribution in [2.75, 3.05) is 18.9 Å². The van der Waals surface area contributed by atoms with Crippen LogP contribution in [0.1, 0.15) is 25.5 Å². The topological polar surface area (TPSA) is 21.3 Å². The van der Waals surface area contributed by atoms with E-state index in [2.05, 4.69) is 36.5 Å². The smallest absolute Gasteiger partial charge is 0.0671 e. The molecule has 0 aliphatic carbocycles. The lowest BCUT2D eigenvalue weighted by Crippen LogP contribution is -2.30. The Morgan fingerprint density at radius 2 is 2.31 bits per heavy atom. The van der Waals surface area contributed by atoms with E-state index >= 15 is 0 Å². The summed E-state index contributed by atoms with van der Waals surface area (Å²) < 4.78 is 5.52. The third kappa shape index (κ3) is 2.78. The Kier molecular flexibility index (Phi) is 4.27. The van der Waals surface area contributed by atoms with E-state index in [1.807, 2.05) is 18.7 Å². The number of hydrogen-bond donors (Lipinski definition) is 1. The molecule has 1 aliphatic rings. The summed E-state index contributed by atoms with van der Waals surface area (Å²) in [5, 5.41) is 3.58. The van der Waals surface area contributed by atoms with Crippen molar-refractivity contribution in [3.05, 3.63) is 29.8 Å². The summed E-state index contributed by atoms with van der Waals surface area (Å²) in [5.41, 5.74) is 1.44. The van der Waals surface area contributed by atoms with E-state index < -0.39 is 0 Å². The Bertz CT molecular complexity index is 342. The summed E-state index contributed by atoms with van der Waals surface area (Å²) in [6.45, 7) is 5.87. The summed E-state index contributed by atoms with van der Waals surface area (Å²) in [6.07, 6.45) is 0.294. The fourth-order valence-electron chi connectivity index (χ4n) is 1.98. The number of benzene rings is 1. The maximum Gasteiger partial charge on any atom is 0.0671 e. The highest BCUT2D eigenvalue weighted by Crippen LogP contribution is 2.37. The van der Waals surface area contributed by atoms with Crippen LogP contribution in [0.3, 0.4) is 0 Å². The molecule has 0 amide bonds. The average molecular weight is 237 g/mol. The minimum absolute atomic E-state index is 0.294. The highest BCUT2D eigenvalue weighted by molar-refractivity contribution is 7.99. The van der Waals surface area contributed by atoms with Crippen molar-refractivity contribution in [2.24, 2.45) is 0 Å². The number of hydrogen-bond acceptors (Lipinski definition) is 3. The van der Waals surface area contributed by atoms with Crippen LogP contribution in [-0.2, 0) is 4.74 Å². The fraction of sp³-hybridized carbons (Fsp3) is 0.538. The zero-order valence-corrected chi connectivity index (χ0v) is 10.7. The van der Waals surface area contributed by atoms with Gasteiger partial charge in [0.25, 0.3) is 0 Å². The Morgan fingerprint density at radius 3 is 3.12 bits per heavy atom. The van der Waals surface area contributed by atoms with Crippen LogP contribution < -0.4 is 5.32 Å². The van der Waals surface area contributed by atoms with Crippen molar-refractivity contribution in [3.63, 3.8) is 0 Å². The lowest BCUT2D eigenvalue weighted by molar-refractivity contribution is 0.0745. The van der Waals surface area contributed by atoms with Gasteiger partial charge < -0.3 is 10.1 Å². The van der Waals surface area contributed by atoms with Gasteiger partial charge in [-0.25, -0.2) is 0 Å². The monoisotopic (exact) mass is 237 g/mol. The van der Waals surface area contributed by atoms with E-state index in [0.717, 1.165) is 18.9 Å². The molecule has 0 fully saturated rings.